The Hall–Kier alpha value is -0.440. The first-order chi connectivity index (χ1) is 9.85. The molecule has 0 saturated carbocycles. The average Bonchev–Trinajstić information content (AvgIpc) is 3.19. The van der Waals surface area contributed by atoms with Crippen molar-refractivity contribution >= 4 is 52.3 Å². The molecule has 21 heavy (non-hydrogen) atoms. The predicted molar refractivity (Wildman–Crippen MR) is 87.9 cm³/mol. The Morgan fingerprint density at radius 2 is 2.05 bits per heavy atom. The van der Waals surface area contributed by atoms with Gasteiger partial charge in [-0.1, -0.05) is 0 Å². The standard InChI is InChI=1S/C14H10B2I2O3/c1-13(17,14(15)16-18-14)12(20)21-10-7-3-5-8-4-2-6-9(19)11(8)10/h2-7,19H,1H3/q-1. The van der Waals surface area contributed by atoms with E-state index in [2.05, 4.69) is 22.6 Å². The maximum absolute atomic E-state index is 12.5. The summed E-state index contributed by atoms with van der Waals surface area (Å²) < 4.78 is 4.26. The Bertz CT molecular complexity index is 724. The molecule has 1 aliphatic rings. The molecule has 1 fully saturated rings. The molecule has 1 saturated heterocycles. The number of esters is 1. The van der Waals surface area contributed by atoms with Gasteiger partial charge in [0.05, 0.1) is 0 Å². The average molecular weight is 502 g/mol. The molecule has 0 aliphatic carbocycles. The molecular weight excluding hydrogens is 492 g/mol. The van der Waals surface area contributed by atoms with Crippen molar-refractivity contribution in [2.45, 2.75) is 13.6 Å². The van der Waals surface area contributed by atoms with Gasteiger partial charge in [0.2, 0.25) is 0 Å². The molecule has 3 radical (unpaired) electrons. The first-order valence-electron chi connectivity index (χ1n) is 6.25. The summed E-state index contributed by atoms with van der Waals surface area (Å²) in [6.07, 6.45) is 0. The van der Waals surface area contributed by atoms with E-state index in [0.717, 1.165) is 5.39 Å². The molecule has 3 rings (SSSR count). The summed E-state index contributed by atoms with van der Waals surface area (Å²) in [5, 5.41) is 13.4. The molecule has 2 unspecified atom stereocenters. The summed E-state index contributed by atoms with van der Waals surface area (Å²) in [7, 11) is 6.16. The number of aromatic hydroxyl groups is 1. The zero-order valence-electron chi connectivity index (χ0n) is 11.1. The van der Waals surface area contributed by atoms with Crippen LogP contribution in [-0.2, 0) is 4.79 Å². The molecule has 0 aromatic heterocycles. The number of ether oxygens (including phenoxy) is 1. The molecular formula is C14H10B2I2O3-. The van der Waals surface area contributed by atoms with Gasteiger partial charge in [-0.15, -0.1) is 0 Å². The van der Waals surface area contributed by atoms with Gasteiger partial charge in [0.25, 0.3) is 0 Å². The fourth-order valence-corrected chi connectivity index (χ4v) is 5.40. The second kappa shape index (κ2) is 5.33. The third-order valence-corrected chi connectivity index (χ3v) is 8.90. The molecule has 1 aliphatic heterocycles. The van der Waals surface area contributed by atoms with E-state index in [9.17, 15) is 9.90 Å². The van der Waals surface area contributed by atoms with Crippen LogP contribution in [-0.4, -0.2) is 30.7 Å². The fourth-order valence-electron chi connectivity index (χ4n) is 1.99. The molecule has 2 aromatic rings. The summed E-state index contributed by atoms with van der Waals surface area (Å²) in [4.78, 5) is 12.5. The number of hydrogen-bond acceptors (Lipinski definition) is 3. The van der Waals surface area contributed by atoms with Gasteiger partial charge >= 0.3 is 149 Å². The van der Waals surface area contributed by atoms with Gasteiger partial charge in [-0.25, -0.2) is 0 Å². The van der Waals surface area contributed by atoms with E-state index >= 15 is 0 Å². The molecule has 0 amide bonds. The van der Waals surface area contributed by atoms with Crippen LogP contribution in [0.15, 0.2) is 36.4 Å². The number of carbonyl (C=O) groups is 1. The van der Waals surface area contributed by atoms with E-state index in [4.69, 9.17) is 12.6 Å². The van der Waals surface area contributed by atoms with Gasteiger partial charge < -0.3 is 0 Å². The Labute approximate surface area is 148 Å². The van der Waals surface area contributed by atoms with Crippen LogP contribution in [0.4, 0.5) is 0 Å². The predicted octanol–water partition coefficient (Wildman–Crippen LogP) is -0.811. The van der Waals surface area contributed by atoms with Crippen LogP contribution in [0.25, 0.3) is 10.8 Å². The molecule has 0 bridgehead atoms. The van der Waals surface area contributed by atoms with Gasteiger partial charge in [-0.05, 0) is 0 Å². The van der Waals surface area contributed by atoms with Crippen molar-refractivity contribution < 1.29 is 35.6 Å². The number of alkyl halides is 2. The Kier molecular flexibility index (Phi) is 3.92. The van der Waals surface area contributed by atoms with Crippen molar-refractivity contribution in [1.29, 1.82) is 0 Å². The van der Waals surface area contributed by atoms with Crippen LogP contribution in [0.2, 0.25) is 0 Å². The van der Waals surface area contributed by atoms with Gasteiger partial charge in [0.15, 0.2) is 0 Å². The topological polar surface area (TPSA) is 46.5 Å². The second-order valence-electron chi connectivity index (χ2n) is 5.01. The normalized spacial score (nSPS) is 23.5. The van der Waals surface area contributed by atoms with Crippen molar-refractivity contribution in [3.8, 4) is 11.5 Å². The number of rotatable bonds is 3. The van der Waals surface area contributed by atoms with Crippen LogP contribution in [0.5, 0.6) is 11.5 Å². The molecule has 105 valence electrons. The summed E-state index contributed by atoms with van der Waals surface area (Å²) >= 11 is 1.81. The number of halogens is 2. The van der Waals surface area contributed by atoms with Crippen LogP contribution >= 0.6 is 22.6 Å². The van der Waals surface area contributed by atoms with Gasteiger partial charge in [0, 0.05) is 0 Å². The number of carbonyl (C=O) groups excluding carboxylic acids is 1. The van der Waals surface area contributed by atoms with Crippen LogP contribution in [0.1, 0.15) is 6.92 Å². The summed E-state index contributed by atoms with van der Waals surface area (Å²) in [6, 6.07) is 10.5. The van der Waals surface area contributed by atoms with Gasteiger partial charge in [0.1, 0.15) is 0 Å². The van der Waals surface area contributed by atoms with E-state index in [-0.39, 0.29) is 32.7 Å². The van der Waals surface area contributed by atoms with Crippen LogP contribution < -0.4 is 25.7 Å². The first-order valence-corrected chi connectivity index (χ1v) is 9.65. The van der Waals surface area contributed by atoms with Crippen LogP contribution in [0, 0.1) is 0 Å². The SMILES string of the molecule is [B]C1(C(C)(I)C(=O)Oc2cccc3cccc(O)c23)[B][I-]1. The quantitative estimate of drug-likeness (QED) is 0.197. The number of hydrogen-bond donors (Lipinski definition) is 1. The van der Waals surface area contributed by atoms with Crippen molar-refractivity contribution in [1.82, 2.24) is 0 Å². The summed E-state index contributed by atoms with van der Waals surface area (Å²) in [6.45, 7) is 1.80. The van der Waals surface area contributed by atoms with E-state index in [0.29, 0.717) is 11.1 Å². The number of phenols is 1. The van der Waals surface area contributed by atoms with Gasteiger partial charge in [-0.2, -0.15) is 0 Å². The molecule has 0 spiro atoms. The van der Waals surface area contributed by atoms with E-state index in [1.807, 2.05) is 17.3 Å². The maximum atomic E-state index is 12.5. The minimum absolute atomic E-state index is 0.0962. The molecule has 1 heterocycles. The first kappa shape index (κ1) is 15.5. The minimum atomic E-state index is -0.787. The molecule has 1 N–H and O–H groups in total. The zero-order chi connectivity index (χ0) is 15.3. The second-order valence-corrected chi connectivity index (χ2v) is 10.2. The Morgan fingerprint density at radius 1 is 1.43 bits per heavy atom. The van der Waals surface area contributed by atoms with Crippen molar-refractivity contribution in [3.05, 3.63) is 36.4 Å². The third kappa shape index (κ3) is 2.67. The summed E-state index contributed by atoms with van der Waals surface area (Å²) in [5.74, 6) is 0.0784. The Balaban J connectivity index is 1.97. The fraction of sp³-hybridized carbons (Fsp3) is 0.214. The number of fused-ring (bicyclic) bond motifs is 1. The third-order valence-electron chi connectivity index (χ3n) is 3.49. The monoisotopic (exact) mass is 502 g/mol. The van der Waals surface area contributed by atoms with E-state index < -0.39 is 6.64 Å². The zero-order valence-corrected chi connectivity index (χ0v) is 15.5. The molecule has 3 nitrogen and oxygen atoms in total. The molecule has 2 atom stereocenters. The number of phenolic OH excluding ortho intramolecular Hbond substituents is 1. The molecule has 2 aromatic carbocycles. The number of benzene rings is 2. The van der Waals surface area contributed by atoms with Gasteiger partial charge in [-0.3, -0.25) is 0 Å². The van der Waals surface area contributed by atoms with Crippen LogP contribution in [0.3, 0.4) is 0 Å². The summed E-state index contributed by atoms with van der Waals surface area (Å²) in [5.41, 5.74) is 0. The van der Waals surface area contributed by atoms with Crippen molar-refractivity contribution in [2.24, 2.45) is 0 Å². The van der Waals surface area contributed by atoms with E-state index in [1.165, 1.54) is 0 Å². The van der Waals surface area contributed by atoms with Crippen molar-refractivity contribution in [3.63, 3.8) is 0 Å². The molecule has 7 heteroatoms. The van der Waals surface area contributed by atoms with Crippen molar-refractivity contribution in [2.75, 3.05) is 0 Å². The Morgan fingerprint density at radius 3 is 2.67 bits per heavy atom. The van der Waals surface area contributed by atoms with E-state index in [1.54, 1.807) is 31.2 Å².